The fourth-order valence-corrected chi connectivity index (χ4v) is 2.79. The molecule has 0 aliphatic carbocycles. The summed E-state index contributed by atoms with van der Waals surface area (Å²) in [6.07, 6.45) is 0. The number of hydrogen-bond acceptors (Lipinski definition) is 6. The monoisotopic (exact) mass is 371 g/mol. The molecule has 25 heavy (non-hydrogen) atoms. The Labute approximate surface area is 146 Å². The van der Waals surface area contributed by atoms with Crippen LogP contribution >= 0.6 is 0 Å². The SMILES string of the molecule is CC(=O)Nc1ccc(S(=O)(=O)N(C)CC(=O)OCC(=O)N(C)C)cc1. The van der Waals surface area contributed by atoms with Crippen LogP contribution in [0.4, 0.5) is 5.69 Å². The fraction of sp³-hybridized carbons (Fsp3) is 0.400. The van der Waals surface area contributed by atoms with Crippen LogP contribution < -0.4 is 5.32 Å². The van der Waals surface area contributed by atoms with Gasteiger partial charge in [0.05, 0.1) is 4.90 Å². The molecular formula is C15H21N3O6S. The lowest BCUT2D eigenvalue weighted by molar-refractivity contribution is -0.151. The lowest BCUT2D eigenvalue weighted by Gasteiger charge is -2.17. The number of carbonyl (C=O) groups is 3. The number of nitrogens with zero attached hydrogens (tertiary/aromatic N) is 2. The molecule has 138 valence electrons. The van der Waals surface area contributed by atoms with E-state index in [2.05, 4.69) is 5.32 Å². The molecule has 0 fully saturated rings. The average molecular weight is 371 g/mol. The average Bonchev–Trinajstić information content (AvgIpc) is 2.52. The topological polar surface area (TPSA) is 113 Å². The van der Waals surface area contributed by atoms with Crippen molar-refractivity contribution in [3.63, 3.8) is 0 Å². The Bertz CT molecular complexity index is 743. The standard InChI is InChI=1S/C15H21N3O6S/c1-11(19)16-12-5-7-13(8-6-12)25(22,23)18(4)9-15(21)24-10-14(20)17(2)3/h5-8H,9-10H2,1-4H3,(H,16,19). The lowest BCUT2D eigenvalue weighted by atomic mass is 10.3. The first kappa shape index (κ1) is 20.6. The van der Waals surface area contributed by atoms with Gasteiger partial charge in [0.15, 0.2) is 6.61 Å². The van der Waals surface area contributed by atoms with Gasteiger partial charge in [0, 0.05) is 33.8 Å². The van der Waals surface area contributed by atoms with E-state index in [9.17, 15) is 22.8 Å². The highest BCUT2D eigenvalue weighted by Crippen LogP contribution is 2.17. The van der Waals surface area contributed by atoms with Gasteiger partial charge in [0.1, 0.15) is 6.54 Å². The van der Waals surface area contributed by atoms with Crippen LogP contribution in [-0.2, 0) is 29.1 Å². The second-order valence-electron chi connectivity index (χ2n) is 5.42. The number of benzene rings is 1. The number of anilines is 1. The van der Waals surface area contributed by atoms with Crippen molar-refractivity contribution in [2.24, 2.45) is 0 Å². The maximum atomic E-state index is 12.4. The van der Waals surface area contributed by atoms with Crippen LogP contribution in [0, 0.1) is 0 Å². The summed E-state index contributed by atoms with van der Waals surface area (Å²) in [4.78, 5) is 35.2. The number of sulfonamides is 1. The molecule has 0 aliphatic rings. The third-order valence-corrected chi connectivity index (χ3v) is 4.91. The van der Waals surface area contributed by atoms with Crippen molar-refractivity contribution in [2.45, 2.75) is 11.8 Å². The van der Waals surface area contributed by atoms with Gasteiger partial charge in [-0.15, -0.1) is 0 Å². The minimum atomic E-state index is -3.91. The highest BCUT2D eigenvalue weighted by Gasteiger charge is 2.24. The van der Waals surface area contributed by atoms with Crippen LogP contribution in [-0.4, -0.2) is 69.7 Å². The van der Waals surface area contributed by atoms with Gasteiger partial charge in [-0.05, 0) is 24.3 Å². The maximum absolute atomic E-state index is 12.4. The Morgan fingerprint density at radius 2 is 1.64 bits per heavy atom. The molecule has 0 radical (unpaired) electrons. The predicted octanol–water partition coefficient (Wildman–Crippen LogP) is -0.103. The van der Waals surface area contributed by atoms with E-state index in [4.69, 9.17) is 4.74 Å². The van der Waals surface area contributed by atoms with Crippen molar-refractivity contribution in [3.05, 3.63) is 24.3 Å². The molecule has 1 aromatic rings. The lowest BCUT2D eigenvalue weighted by Crippen LogP contribution is -2.35. The summed E-state index contributed by atoms with van der Waals surface area (Å²) >= 11 is 0. The molecule has 0 aliphatic heterocycles. The second kappa shape index (κ2) is 8.58. The van der Waals surface area contributed by atoms with Gasteiger partial charge < -0.3 is 15.0 Å². The van der Waals surface area contributed by atoms with E-state index in [-0.39, 0.29) is 10.8 Å². The van der Waals surface area contributed by atoms with Crippen LogP contribution in [0.2, 0.25) is 0 Å². The first-order valence-electron chi connectivity index (χ1n) is 7.24. The quantitative estimate of drug-likeness (QED) is 0.670. The first-order chi connectivity index (χ1) is 11.5. The van der Waals surface area contributed by atoms with Crippen molar-refractivity contribution >= 4 is 33.5 Å². The Morgan fingerprint density at radius 1 is 1.08 bits per heavy atom. The normalized spacial score (nSPS) is 11.1. The van der Waals surface area contributed by atoms with Crippen molar-refractivity contribution in [2.75, 3.05) is 39.6 Å². The Kier molecular flexibility index (Phi) is 7.07. The van der Waals surface area contributed by atoms with Crippen LogP contribution in [0.3, 0.4) is 0 Å². The third-order valence-electron chi connectivity index (χ3n) is 3.09. The number of amides is 2. The molecule has 0 atom stereocenters. The largest absolute Gasteiger partial charge is 0.455 e. The fourth-order valence-electron chi connectivity index (χ4n) is 1.68. The van der Waals surface area contributed by atoms with Gasteiger partial charge in [-0.1, -0.05) is 0 Å². The van der Waals surface area contributed by atoms with Gasteiger partial charge in [-0.3, -0.25) is 14.4 Å². The van der Waals surface area contributed by atoms with Crippen LogP contribution in [0.5, 0.6) is 0 Å². The van der Waals surface area contributed by atoms with Crippen molar-refractivity contribution < 1.29 is 27.5 Å². The van der Waals surface area contributed by atoms with E-state index < -0.39 is 35.1 Å². The van der Waals surface area contributed by atoms with Gasteiger partial charge >= 0.3 is 5.97 Å². The zero-order valence-corrected chi connectivity index (χ0v) is 15.3. The van der Waals surface area contributed by atoms with Crippen molar-refractivity contribution in [1.29, 1.82) is 0 Å². The molecule has 0 bridgehead atoms. The summed E-state index contributed by atoms with van der Waals surface area (Å²) in [6.45, 7) is 0.354. The molecule has 0 aromatic heterocycles. The molecule has 0 saturated carbocycles. The highest BCUT2D eigenvalue weighted by molar-refractivity contribution is 7.89. The molecule has 0 saturated heterocycles. The number of rotatable bonds is 7. The van der Waals surface area contributed by atoms with Crippen molar-refractivity contribution in [3.8, 4) is 0 Å². The van der Waals surface area contributed by atoms with Gasteiger partial charge in [-0.25, -0.2) is 8.42 Å². The van der Waals surface area contributed by atoms with E-state index >= 15 is 0 Å². The first-order valence-corrected chi connectivity index (χ1v) is 8.68. The zero-order chi connectivity index (χ0) is 19.2. The summed E-state index contributed by atoms with van der Waals surface area (Å²) in [6, 6.07) is 5.52. The molecule has 0 heterocycles. The molecule has 0 spiro atoms. The van der Waals surface area contributed by atoms with Crippen LogP contribution in [0.15, 0.2) is 29.2 Å². The Morgan fingerprint density at radius 3 is 2.12 bits per heavy atom. The maximum Gasteiger partial charge on any atom is 0.321 e. The molecule has 0 unspecified atom stereocenters. The van der Waals surface area contributed by atoms with Crippen molar-refractivity contribution in [1.82, 2.24) is 9.21 Å². The summed E-state index contributed by atoms with van der Waals surface area (Å²) in [5, 5.41) is 2.52. The zero-order valence-electron chi connectivity index (χ0n) is 14.5. The summed E-state index contributed by atoms with van der Waals surface area (Å²) in [7, 11) is 0.341. The number of likely N-dealkylation sites (N-methyl/N-ethyl adjacent to an activating group) is 2. The van der Waals surface area contributed by atoms with E-state index in [1.807, 2.05) is 0 Å². The predicted molar refractivity (Wildman–Crippen MR) is 90.2 cm³/mol. The minimum absolute atomic E-state index is 0.0405. The van der Waals surface area contributed by atoms with Gasteiger partial charge in [-0.2, -0.15) is 4.31 Å². The number of carbonyl (C=O) groups excluding carboxylic acids is 3. The molecule has 1 N–H and O–H groups in total. The Hall–Kier alpha value is -2.46. The van der Waals surface area contributed by atoms with Gasteiger partial charge in [0.2, 0.25) is 15.9 Å². The molecule has 1 rings (SSSR count). The van der Waals surface area contributed by atoms with Crippen LogP contribution in [0.1, 0.15) is 6.92 Å². The molecular weight excluding hydrogens is 350 g/mol. The molecule has 2 amide bonds. The third kappa shape index (κ3) is 6.16. The van der Waals surface area contributed by atoms with E-state index in [1.54, 1.807) is 0 Å². The highest BCUT2D eigenvalue weighted by atomic mass is 32.2. The molecule has 9 nitrogen and oxygen atoms in total. The number of hydrogen-bond donors (Lipinski definition) is 1. The van der Waals surface area contributed by atoms with E-state index in [0.29, 0.717) is 5.69 Å². The minimum Gasteiger partial charge on any atom is -0.455 e. The smallest absolute Gasteiger partial charge is 0.321 e. The summed E-state index contributed by atoms with van der Waals surface area (Å²) in [5.74, 6) is -1.52. The Balaban J connectivity index is 2.72. The van der Waals surface area contributed by atoms with Gasteiger partial charge in [0.25, 0.3) is 5.91 Å². The van der Waals surface area contributed by atoms with E-state index in [0.717, 1.165) is 4.31 Å². The number of nitrogens with one attached hydrogen (secondary N) is 1. The molecule has 10 heteroatoms. The number of esters is 1. The summed E-state index contributed by atoms with van der Waals surface area (Å²) < 4.78 is 30.4. The summed E-state index contributed by atoms with van der Waals surface area (Å²) in [5.41, 5.74) is 0.454. The number of ether oxygens (including phenoxy) is 1. The van der Waals surface area contributed by atoms with Crippen LogP contribution in [0.25, 0.3) is 0 Å². The second-order valence-corrected chi connectivity index (χ2v) is 7.46. The molecule has 1 aromatic carbocycles. The van der Waals surface area contributed by atoms with E-state index in [1.165, 1.54) is 57.2 Å².